The molecule has 0 bridgehead atoms. The Balaban J connectivity index is 1.71. The van der Waals surface area contributed by atoms with Gasteiger partial charge in [0.15, 0.2) is 11.8 Å². The maximum Gasteiger partial charge on any atom is 0.322 e. The first kappa shape index (κ1) is 25.9. The van der Waals surface area contributed by atoms with Crippen LogP contribution in [0.3, 0.4) is 0 Å². The molecule has 3 aromatic carbocycles. The molecule has 4 aromatic rings. The van der Waals surface area contributed by atoms with Gasteiger partial charge in [-0.3, -0.25) is 9.59 Å². The van der Waals surface area contributed by atoms with E-state index in [4.69, 9.17) is 33.3 Å². The molecule has 3 N–H and O–H groups in total. The van der Waals surface area contributed by atoms with Crippen LogP contribution in [0.1, 0.15) is 27.2 Å². The topological polar surface area (TPSA) is 121 Å². The van der Waals surface area contributed by atoms with Crippen molar-refractivity contribution in [1.29, 1.82) is 0 Å². The molecule has 0 aliphatic heterocycles. The highest BCUT2D eigenvalue weighted by Gasteiger charge is 2.18. The van der Waals surface area contributed by atoms with Gasteiger partial charge in [-0.2, -0.15) is 0 Å². The van der Waals surface area contributed by atoms with Crippen molar-refractivity contribution >= 4 is 63.3 Å². The fourth-order valence-electron chi connectivity index (χ4n) is 3.79. The molecule has 1 aromatic heterocycles. The SMILES string of the molecule is Cc1cc(C)c2nc(-c3ccc(Cl)c(Cl)c3)nc(C(=O)Nc3ccc(C(=C=O)NCC(=O)O)cc3)c2c1. The Morgan fingerprint density at radius 2 is 1.70 bits per heavy atom. The Morgan fingerprint density at radius 3 is 2.35 bits per heavy atom. The lowest BCUT2D eigenvalue weighted by Crippen LogP contribution is -2.21. The number of amides is 1. The number of carbonyl (C=O) groups is 2. The first-order chi connectivity index (χ1) is 17.7. The molecule has 4 rings (SSSR count). The number of fused-ring (bicyclic) bond motifs is 1. The summed E-state index contributed by atoms with van der Waals surface area (Å²) in [5, 5.41) is 15.5. The Bertz CT molecular complexity index is 1600. The van der Waals surface area contributed by atoms with E-state index in [1.165, 1.54) is 0 Å². The minimum Gasteiger partial charge on any atom is -0.480 e. The quantitative estimate of drug-likeness (QED) is 0.274. The van der Waals surface area contributed by atoms with E-state index in [0.717, 1.165) is 11.1 Å². The monoisotopic (exact) mass is 534 g/mol. The normalized spacial score (nSPS) is 10.6. The van der Waals surface area contributed by atoms with E-state index < -0.39 is 18.4 Å². The van der Waals surface area contributed by atoms with E-state index in [-0.39, 0.29) is 11.4 Å². The number of nitrogens with one attached hydrogen (secondary N) is 2. The number of halogens is 2. The molecule has 0 spiro atoms. The zero-order chi connectivity index (χ0) is 26.7. The third-order valence-electron chi connectivity index (χ3n) is 5.48. The number of rotatable bonds is 7. The van der Waals surface area contributed by atoms with Crippen molar-refractivity contribution in [2.24, 2.45) is 0 Å². The lowest BCUT2D eigenvalue weighted by Gasteiger charge is -2.13. The van der Waals surface area contributed by atoms with Gasteiger partial charge in [-0.25, -0.2) is 14.8 Å². The van der Waals surface area contributed by atoms with Crippen LogP contribution in [-0.2, 0) is 9.59 Å². The number of carboxylic acid groups (broad SMARTS) is 1. The molecule has 1 heterocycles. The Labute approximate surface area is 222 Å². The van der Waals surface area contributed by atoms with Gasteiger partial charge in [-0.1, -0.05) is 47.0 Å². The molecule has 37 heavy (non-hydrogen) atoms. The predicted octanol–water partition coefficient (Wildman–Crippen LogP) is 5.32. The van der Waals surface area contributed by atoms with Crippen molar-refractivity contribution in [3.05, 3.63) is 87.0 Å². The van der Waals surface area contributed by atoms with Gasteiger partial charge < -0.3 is 15.7 Å². The fraction of sp³-hybridized carbons (Fsp3) is 0.111. The minimum atomic E-state index is -1.11. The van der Waals surface area contributed by atoms with Crippen molar-refractivity contribution in [1.82, 2.24) is 15.3 Å². The van der Waals surface area contributed by atoms with Crippen LogP contribution in [-0.4, -0.2) is 39.4 Å². The number of benzene rings is 3. The molecule has 186 valence electrons. The first-order valence-corrected chi connectivity index (χ1v) is 11.8. The van der Waals surface area contributed by atoms with Crippen molar-refractivity contribution in [3.63, 3.8) is 0 Å². The van der Waals surface area contributed by atoms with E-state index in [1.807, 2.05) is 26.0 Å². The summed E-state index contributed by atoms with van der Waals surface area (Å²) in [6.45, 7) is 3.41. The van der Waals surface area contributed by atoms with E-state index in [2.05, 4.69) is 15.6 Å². The number of aliphatic carboxylic acids is 1. The molecule has 0 fully saturated rings. The van der Waals surface area contributed by atoms with Crippen molar-refractivity contribution in [2.75, 3.05) is 11.9 Å². The summed E-state index contributed by atoms with van der Waals surface area (Å²) in [5.74, 6) is 0.444. The molecule has 0 saturated heterocycles. The van der Waals surface area contributed by atoms with Crippen molar-refractivity contribution in [2.45, 2.75) is 13.8 Å². The maximum absolute atomic E-state index is 13.4. The van der Waals surface area contributed by atoms with Crippen LogP contribution in [0.5, 0.6) is 0 Å². The number of carbonyl (C=O) groups excluding carboxylic acids is 2. The summed E-state index contributed by atoms with van der Waals surface area (Å²) in [5.41, 5.74) is 4.14. The Kier molecular flexibility index (Phi) is 7.55. The number of aromatic nitrogens is 2. The van der Waals surface area contributed by atoms with Gasteiger partial charge in [0, 0.05) is 22.2 Å². The van der Waals surface area contributed by atoms with Crippen LogP contribution >= 0.6 is 23.2 Å². The maximum atomic E-state index is 13.4. The lowest BCUT2D eigenvalue weighted by atomic mass is 10.0. The summed E-state index contributed by atoms with van der Waals surface area (Å²) in [6, 6.07) is 15.2. The summed E-state index contributed by atoms with van der Waals surface area (Å²) in [4.78, 5) is 44.7. The Morgan fingerprint density at radius 1 is 0.973 bits per heavy atom. The molecular weight excluding hydrogens is 515 g/mol. The minimum absolute atomic E-state index is 0.000659. The highest BCUT2D eigenvalue weighted by Crippen LogP contribution is 2.30. The second kappa shape index (κ2) is 10.8. The van der Waals surface area contributed by atoms with Gasteiger partial charge in [0.1, 0.15) is 17.9 Å². The van der Waals surface area contributed by atoms with E-state index >= 15 is 0 Å². The zero-order valence-corrected chi connectivity index (χ0v) is 21.2. The average Bonchev–Trinajstić information content (AvgIpc) is 2.86. The number of nitrogens with zero attached hydrogens (tertiary/aromatic N) is 2. The van der Waals surface area contributed by atoms with Crippen LogP contribution in [0.15, 0.2) is 54.6 Å². The molecule has 0 atom stereocenters. The predicted molar refractivity (Wildman–Crippen MR) is 144 cm³/mol. The second-order valence-corrected chi connectivity index (χ2v) is 9.07. The summed E-state index contributed by atoms with van der Waals surface area (Å²) in [6.07, 6.45) is 0. The smallest absolute Gasteiger partial charge is 0.322 e. The molecule has 1 amide bonds. The largest absolute Gasteiger partial charge is 0.480 e. The highest BCUT2D eigenvalue weighted by atomic mass is 35.5. The fourth-order valence-corrected chi connectivity index (χ4v) is 4.09. The van der Waals surface area contributed by atoms with Crippen LogP contribution in [0.4, 0.5) is 5.69 Å². The molecule has 0 radical (unpaired) electrons. The molecule has 0 aliphatic rings. The standard InChI is InChI=1S/C27H20Cl2N4O4/c1-14-9-15(2)24-19(10-14)25(33-26(32-24)17-5-8-20(28)21(29)11-17)27(37)31-18-6-3-16(4-7-18)22(13-34)30-12-23(35)36/h3-11,30H,12H2,1-2H3,(H,31,37)(H,35,36). The molecule has 8 nitrogen and oxygen atoms in total. The Hall–Kier alpha value is -4.23. The third-order valence-corrected chi connectivity index (χ3v) is 6.22. The molecular formula is C27H20Cl2N4O4. The first-order valence-electron chi connectivity index (χ1n) is 11.0. The van der Waals surface area contributed by atoms with E-state index in [1.54, 1.807) is 48.4 Å². The molecule has 0 unspecified atom stereocenters. The van der Waals surface area contributed by atoms with Gasteiger partial charge in [0.05, 0.1) is 15.6 Å². The number of hydrogen-bond donors (Lipinski definition) is 3. The highest BCUT2D eigenvalue weighted by molar-refractivity contribution is 6.42. The third kappa shape index (κ3) is 5.78. The number of anilines is 1. The number of carboxylic acids is 1. The van der Waals surface area contributed by atoms with Crippen LogP contribution < -0.4 is 10.6 Å². The van der Waals surface area contributed by atoms with Gasteiger partial charge in [-0.05, 0) is 55.8 Å². The van der Waals surface area contributed by atoms with E-state index in [9.17, 15) is 14.4 Å². The van der Waals surface area contributed by atoms with E-state index in [0.29, 0.717) is 43.6 Å². The second-order valence-electron chi connectivity index (χ2n) is 8.26. The van der Waals surface area contributed by atoms with Crippen LogP contribution in [0.25, 0.3) is 28.0 Å². The van der Waals surface area contributed by atoms with Gasteiger partial charge in [-0.15, -0.1) is 0 Å². The lowest BCUT2D eigenvalue weighted by molar-refractivity contribution is -0.135. The van der Waals surface area contributed by atoms with Crippen LogP contribution in [0.2, 0.25) is 10.0 Å². The molecule has 0 aliphatic carbocycles. The van der Waals surface area contributed by atoms with Crippen LogP contribution in [0, 0.1) is 13.8 Å². The number of aryl methyl sites for hydroxylation is 2. The molecule has 10 heteroatoms. The average molecular weight is 535 g/mol. The van der Waals surface area contributed by atoms with Crippen molar-refractivity contribution in [3.8, 4) is 11.4 Å². The summed E-state index contributed by atoms with van der Waals surface area (Å²) in [7, 11) is 0. The van der Waals surface area contributed by atoms with Gasteiger partial charge >= 0.3 is 5.97 Å². The zero-order valence-electron chi connectivity index (χ0n) is 19.7. The summed E-state index contributed by atoms with van der Waals surface area (Å²) >= 11 is 12.3. The van der Waals surface area contributed by atoms with Gasteiger partial charge in [0.2, 0.25) is 0 Å². The van der Waals surface area contributed by atoms with Crippen molar-refractivity contribution < 1.29 is 19.5 Å². The summed E-state index contributed by atoms with van der Waals surface area (Å²) < 4.78 is 0. The van der Waals surface area contributed by atoms with Gasteiger partial charge in [0.25, 0.3) is 5.91 Å². The molecule has 0 saturated carbocycles. The number of hydrogen-bond acceptors (Lipinski definition) is 6.